The topological polar surface area (TPSA) is 73.4 Å². The van der Waals surface area contributed by atoms with E-state index in [1.165, 1.54) is 0 Å². The first-order valence-electron chi connectivity index (χ1n) is 6.59. The van der Waals surface area contributed by atoms with Gasteiger partial charge in [0.2, 0.25) is 0 Å². The number of hydrogen-bond acceptors (Lipinski definition) is 2. The van der Waals surface area contributed by atoms with Crippen LogP contribution < -0.4 is 0 Å². The molecule has 5 heteroatoms. The van der Waals surface area contributed by atoms with E-state index in [0.717, 1.165) is 10.9 Å². The molecule has 0 spiro atoms. The summed E-state index contributed by atoms with van der Waals surface area (Å²) < 4.78 is 0. The molecule has 1 aromatic carbocycles. The van der Waals surface area contributed by atoms with Crippen molar-refractivity contribution < 1.29 is 14.7 Å². The van der Waals surface area contributed by atoms with Crippen molar-refractivity contribution in [1.29, 1.82) is 0 Å². The van der Waals surface area contributed by atoms with Gasteiger partial charge in [-0.3, -0.25) is 9.59 Å². The van der Waals surface area contributed by atoms with Gasteiger partial charge in [-0.1, -0.05) is 0 Å². The van der Waals surface area contributed by atoms with E-state index in [9.17, 15) is 9.59 Å². The summed E-state index contributed by atoms with van der Waals surface area (Å²) in [4.78, 5) is 27.8. The summed E-state index contributed by atoms with van der Waals surface area (Å²) in [5, 5.41) is 9.74. The van der Waals surface area contributed by atoms with Crippen molar-refractivity contribution in [2.45, 2.75) is 26.3 Å². The number of rotatable bonds is 5. The van der Waals surface area contributed by atoms with E-state index < -0.39 is 5.97 Å². The Bertz CT molecular complexity index is 631. The molecule has 20 heavy (non-hydrogen) atoms. The molecular weight excluding hydrogens is 256 g/mol. The van der Waals surface area contributed by atoms with Crippen LogP contribution in [0.4, 0.5) is 0 Å². The minimum absolute atomic E-state index is 0.0382. The second-order valence-electron chi connectivity index (χ2n) is 5.02. The van der Waals surface area contributed by atoms with Crippen LogP contribution in [0.15, 0.2) is 30.5 Å². The highest BCUT2D eigenvalue weighted by molar-refractivity contribution is 5.98. The summed E-state index contributed by atoms with van der Waals surface area (Å²) in [7, 11) is 0. The molecule has 0 aliphatic carbocycles. The van der Waals surface area contributed by atoms with Gasteiger partial charge < -0.3 is 15.0 Å². The fourth-order valence-corrected chi connectivity index (χ4v) is 2.16. The van der Waals surface area contributed by atoms with Gasteiger partial charge in [-0.15, -0.1) is 0 Å². The molecule has 106 valence electrons. The van der Waals surface area contributed by atoms with Gasteiger partial charge in [0, 0.05) is 35.2 Å². The monoisotopic (exact) mass is 274 g/mol. The lowest BCUT2D eigenvalue weighted by Gasteiger charge is -2.26. The molecule has 0 bridgehead atoms. The Morgan fingerprint density at radius 2 is 2.05 bits per heavy atom. The fraction of sp³-hybridized carbons (Fsp3) is 0.333. The number of benzene rings is 1. The number of nitrogens with one attached hydrogen (secondary N) is 1. The molecule has 0 fully saturated rings. The van der Waals surface area contributed by atoms with E-state index >= 15 is 0 Å². The average molecular weight is 274 g/mol. The maximum absolute atomic E-state index is 12.5. The first kappa shape index (κ1) is 14.1. The van der Waals surface area contributed by atoms with Crippen LogP contribution in [0.2, 0.25) is 0 Å². The van der Waals surface area contributed by atoms with Crippen LogP contribution in [0.25, 0.3) is 10.9 Å². The van der Waals surface area contributed by atoms with Crippen molar-refractivity contribution in [2.75, 3.05) is 6.54 Å². The summed E-state index contributed by atoms with van der Waals surface area (Å²) in [6.45, 7) is 3.99. The number of fused-ring (bicyclic) bond motifs is 1. The highest BCUT2D eigenvalue weighted by Crippen LogP contribution is 2.17. The Morgan fingerprint density at radius 3 is 2.70 bits per heavy atom. The Balaban J connectivity index is 2.23. The molecule has 5 nitrogen and oxygen atoms in total. The summed E-state index contributed by atoms with van der Waals surface area (Å²) in [6.07, 6.45) is 1.78. The zero-order valence-electron chi connectivity index (χ0n) is 11.6. The van der Waals surface area contributed by atoms with Crippen molar-refractivity contribution in [2.24, 2.45) is 0 Å². The fourth-order valence-electron chi connectivity index (χ4n) is 2.16. The molecule has 1 amide bonds. The largest absolute Gasteiger partial charge is 0.481 e. The number of aromatic amines is 1. The summed E-state index contributed by atoms with van der Waals surface area (Å²) in [5.41, 5.74) is 1.55. The highest BCUT2D eigenvalue weighted by Gasteiger charge is 2.19. The number of hydrogen-bond donors (Lipinski definition) is 2. The standard InChI is InChI=1S/C15H18N2O3/c1-10(2)17(8-6-14(18)19)15(20)12-3-4-13-11(9-12)5-7-16-13/h3-5,7,9-10,16H,6,8H2,1-2H3,(H,18,19). The summed E-state index contributed by atoms with van der Waals surface area (Å²) in [6, 6.07) is 7.31. The molecule has 2 aromatic rings. The Morgan fingerprint density at radius 1 is 1.30 bits per heavy atom. The van der Waals surface area contributed by atoms with Crippen LogP contribution >= 0.6 is 0 Å². The summed E-state index contributed by atoms with van der Waals surface area (Å²) in [5.74, 6) is -1.03. The quantitative estimate of drug-likeness (QED) is 0.879. The molecule has 0 unspecified atom stereocenters. The van der Waals surface area contributed by atoms with Crippen molar-refractivity contribution in [3.05, 3.63) is 36.0 Å². The maximum Gasteiger partial charge on any atom is 0.305 e. The van der Waals surface area contributed by atoms with Crippen LogP contribution in [0.3, 0.4) is 0 Å². The molecule has 1 aromatic heterocycles. The number of amides is 1. The van der Waals surface area contributed by atoms with E-state index in [1.54, 1.807) is 11.0 Å². The van der Waals surface area contributed by atoms with Crippen LogP contribution in [0.1, 0.15) is 30.6 Å². The SMILES string of the molecule is CC(C)N(CCC(=O)O)C(=O)c1ccc2[nH]ccc2c1. The molecule has 1 heterocycles. The number of aliphatic carboxylic acids is 1. The van der Waals surface area contributed by atoms with Gasteiger partial charge in [-0.2, -0.15) is 0 Å². The third-order valence-electron chi connectivity index (χ3n) is 3.25. The van der Waals surface area contributed by atoms with Crippen LogP contribution in [-0.4, -0.2) is 39.5 Å². The molecule has 0 saturated heterocycles. The third-order valence-corrected chi connectivity index (χ3v) is 3.25. The first-order valence-corrected chi connectivity index (χ1v) is 6.59. The Hall–Kier alpha value is -2.30. The number of H-pyrrole nitrogens is 1. The van der Waals surface area contributed by atoms with Gasteiger partial charge in [0.05, 0.1) is 6.42 Å². The minimum atomic E-state index is -0.899. The van der Waals surface area contributed by atoms with E-state index in [0.29, 0.717) is 5.56 Å². The first-order chi connectivity index (χ1) is 9.49. The number of aromatic nitrogens is 1. The van der Waals surface area contributed by atoms with E-state index in [4.69, 9.17) is 5.11 Å². The van der Waals surface area contributed by atoms with Crippen molar-refractivity contribution in [3.63, 3.8) is 0 Å². The molecule has 2 N–H and O–H groups in total. The number of nitrogens with zero attached hydrogens (tertiary/aromatic N) is 1. The highest BCUT2D eigenvalue weighted by atomic mass is 16.4. The lowest BCUT2D eigenvalue weighted by atomic mass is 10.1. The predicted molar refractivity (Wildman–Crippen MR) is 76.7 cm³/mol. The van der Waals surface area contributed by atoms with E-state index in [-0.39, 0.29) is 24.9 Å². The number of carbonyl (C=O) groups is 2. The molecule has 0 radical (unpaired) electrons. The molecule has 0 saturated carbocycles. The second-order valence-corrected chi connectivity index (χ2v) is 5.02. The van der Waals surface area contributed by atoms with Gasteiger partial charge in [0.1, 0.15) is 0 Å². The Labute approximate surface area is 117 Å². The number of carbonyl (C=O) groups excluding carboxylic acids is 1. The lowest BCUT2D eigenvalue weighted by Crippen LogP contribution is -2.38. The Kier molecular flexibility index (Phi) is 4.08. The lowest BCUT2D eigenvalue weighted by molar-refractivity contribution is -0.137. The second kappa shape index (κ2) is 5.77. The zero-order chi connectivity index (χ0) is 14.7. The maximum atomic E-state index is 12.5. The van der Waals surface area contributed by atoms with Crippen LogP contribution in [0.5, 0.6) is 0 Å². The summed E-state index contributed by atoms with van der Waals surface area (Å²) >= 11 is 0. The van der Waals surface area contributed by atoms with Crippen molar-refractivity contribution in [1.82, 2.24) is 9.88 Å². The smallest absolute Gasteiger partial charge is 0.305 e. The van der Waals surface area contributed by atoms with Gasteiger partial charge in [-0.25, -0.2) is 0 Å². The van der Waals surface area contributed by atoms with Crippen LogP contribution in [-0.2, 0) is 4.79 Å². The predicted octanol–water partition coefficient (Wildman–Crippen LogP) is 2.49. The number of carboxylic acid groups (broad SMARTS) is 1. The molecule has 0 aliphatic heterocycles. The third kappa shape index (κ3) is 2.99. The molecule has 2 rings (SSSR count). The molecular formula is C15H18N2O3. The minimum Gasteiger partial charge on any atom is -0.481 e. The van der Waals surface area contributed by atoms with E-state index in [1.807, 2.05) is 38.2 Å². The van der Waals surface area contributed by atoms with Crippen molar-refractivity contribution in [3.8, 4) is 0 Å². The van der Waals surface area contributed by atoms with Gasteiger partial charge in [-0.05, 0) is 38.1 Å². The number of carboxylic acids is 1. The average Bonchev–Trinajstić information content (AvgIpc) is 2.84. The van der Waals surface area contributed by atoms with Gasteiger partial charge in [0.15, 0.2) is 0 Å². The van der Waals surface area contributed by atoms with Gasteiger partial charge in [0.25, 0.3) is 5.91 Å². The molecule has 0 aliphatic rings. The van der Waals surface area contributed by atoms with Crippen LogP contribution in [0, 0.1) is 0 Å². The molecule has 0 atom stereocenters. The van der Waals surface area contributed by atoms with Gasteiger partial charge >= 0.3 is 5.97 Å². The normalized spacial score (nSPS) is 10.9. The van der Waals surface area contributed by atoms with Crippen molar-refractivity contribution >= 4 is 22.8 Å². The van der Waals surface area contributed by atoms with E-state index in [2.05, 4.69) is 4.98 Å². The zero-order valence-corrected chi connectivity index (χ0v) is 11.6.